The second-order valence-electron chi connectivity index (χ2n) is 3.35. The zero-order valence-electron chi connectivity index (χ0n) is 8.68. The molecule has 0 N–H and O–H groups in total. The molecule has 2 rings (SSSR count). The molecule has 0 unspecified atom stereocenters. The number of para-hydroxylation sites is 2. The van der Waals surface area contributed by atoms with Gasteiger partial charge in [0.1, 0.15) is 0 Å². The van der Waals surface area contributed by atoms with Crippen LogP contribution < -0.4 is 5.69 Å². The van der Waals surface area contributed by atoms with Crippen molar-refractivity contribution in [3.8, 4) is 24.7 Å². The first-order valence-corrected chi connectivity index (χ1v) is 4.84. The van der Waals surface area contributed by atoms with Gasteiger partial charge in [0.15, 0.2) is 0 Å². The molecule has 0 spiro atoms. The number of imidazole rings is 1. The van der Waals surface area contributed by atoms with Crippen LogP contribution in [0.15, 0.2) is 29.1 Å². The van der Waals surface area contributed by atoms with Crippen molar-refractivity contribution in [1.82, 2.24) is 9.13 Å². The molecule has 0 aliphatic rings. The van der Waals surface area contributed by atoms with E-state index in [0.29, 0.717) is 0 Å². The Kier molecular flexibility index (Phi) is 2.54. The minimum atomic E-state index is -0.155. The Hall–Kier alpha value is -2.39. The fourth-order valence-corrected chi connectivity index (χ4v) is 1.76. The van der Waals surface area contributed by atoms with Crippen LogP contribution in [0.4, 0.5) is 0 Å². The Balaban J connectivity index is 2.82. The third-order valence-electron chi connectivity index (χ3n) is 2.42. The molecule has 16 heavy (non-hydrogen) atoms. The van der Waals surface area contributed by atoms with Crippen molar-refractivity contribution in [2.75, 3.05) is 0 Å². The van der Waals surface area contributed by atoms with Gasteiger partial charge in [-0.3, -0.25) is 9.13 Å². The average Bonchev–Trinajstić information content (AvgIpc) is 2.56. The fraction of sp³-hybridized carbons (Fsp3) is 0.154. The highest BCUT2D eigenvalue weighted by molar-refractivity contribution is 5.76. The summed E-state index contributed by atoms with van der Waals surface area (Å²) in [6.45, 7) is 0.522. The van der Waals surface area contributed by atoms with Crippen molar-refractivity contribution in [1.29, 1.82) is 0 Å². The highest BCUT2D eigenvalue weighted by Gasteiger charge is 2.10. The molecule has 1 aromatic carbocycles. The van der Waals surface area contributed by atoms with Crippen LogP contribution in [-0.4, -0.2) is 9.13 Å². The van der Waals surface area contributed by atoms with E-state index in [1.54, 1.807) is 9.13 Å². The van der Waals surface area contributed by atoms with Gasteiger partial charge in [-0.2, -0.15) is 0 Å². The van der Waals surface area contributed by atoms with E-state index in [0.717, 1.165) is 11.0 Å². The van der Waals surface area contributed by atoms with E-state index in [-0.39, 0.29) is 18.8 Å². The first-order valence-electron chi connectivity index (χ1n) is 4.84. The van der Waals surface area contributed by atoms with Gasteiger partial charge in [-0.15, -0.1) is 12.8 Å². The van der Waals surface area contributed by atoms with Gasteiger partial charge in [0.2, 0.25) is 0 Å². The first-order chi connectivity index (χ1) is 7.79. The van der Waals surface area contributed by atoms with E-state index in [2.05, 4.69) is 11.8 Å². The first kappa shape index (κ1) is 10.1. The second kappa shape index (κ2) is 4.00. The predicted octanol–water partition coefficient (Wildman–Crippen LogP) is 1.07. The summed E-state index contributed by atoms with van der Waals surface area (Å²) in [6, 6.07) is 7.46. The van der Waals surface area contributed by atoms with Crippen LogP contribution in [-0.2, 0) is 13.1 Å². The summed E-state index contributed by atoms with van der Waals surface area (Å²) in [5, 5.41) is 0. The van der Waals surface area contributed by atoms with Gasteiger partial charge in [0.05, 0.1) is 24.1 Å². The quantitative estimate of drug-likeness (QED) is 0.681. The number of fused-ring (bicyclic) bond motifs is 1. The third-order valence-corrected chi connectivity index (χ3v) is 2.42. The Bertz CT molecular complexity index is 606. The second-order valence-corrected chi connectivity index (χ2v) is 3.35. The molecule has 0 bridgehead atoms. The zero-order chi connectivity index (χ0) is 11.5. The molecule has 1 aromatic heterocycles. The standard InChI is InChI=1S/C13H10N2O/c1-3-9-14-11-7-5-6-8-12(11)15(10-4-2)13(14)16/h1-2,5-8H,9-10H2. The van der Waals surface area contributed by atoms with Gasteiger partial charge in [-0.25, -0.2) is 4.79 Å². The molecule has 0 atom stereocenters. The van der Waals surface area contributed by atoms with Gasteiger partial charge in [-0.05, 0) is 12.1 Å². The van der Waals surface area contributed by atoms with Crippen molar-refractivity contribution in [2.24, 2.45) is 0 Å². The molecule has 0 radical (unpaired) electrons. The van der Waals surface area contributed by atoms with Crippen molar-refractivity contribution in [3.05, 3.63) is 34.7 Å². The van der Waals surface area contributed by atoms with Gasteiger partial charge >= 0.3 is 5.69 Å². The van der Waals surface area contributed by atoms with Gasteiger partial charge in [0, 0.05) is 0 Å². The lowest BCUT2D eigenvalue weighted by Gasteiger charge is -1.95. The molecule has 2 aromatic rings. The smallest absolute Gasteiger partial charge is 0.280 e. The number of nitrogens with zero attached hydrogens (tertiary/aromatic N) is 2. The number of aromatic nitrogens is 2. The van der Waals surface area contributed by atoms with Crippen LogP contribution in [0.25, 0.3) is 11.0 Å². The van der Waals surface area contributed by atoms with Crippen molar-refractivity contribution in [2.45, 2.75) is 13.1 Å². The zero-order valence-corrected chi connectivity index (χ0v) is 8.68. The number of benzene rings is 1. The van der Waals surface area contributed by atoms with E-state index < -0.39 is 0 Å². The normalized spacial score (nSPS) is 9.88. The van der Waals surface area contributed by atoms with Gasteiger partial charge < -0.3 is 0 Å². The molecular weight excluding hydrogens is 200 g/mol. The lowest BCUT2D eigenvalue weighted by Crippen LogP contribution is -2.23. The molecule has 3 nitrogen and oxygen atoms in total. The molecule has 0 saturated carbocycles. The van der Waals surface area contributed by atoms with Crippen molar-refractivity contribution < 1.29 is 0 Å². The minimum Gasteiger partial charge on any atom is -0.280 e. The van der Waals surface area contributed by atoms with Crippen LogP contribution in [0.2, 0.25) is 0 Å². The predicted molar refractivity (Wildman–Crippen MR) is 63.9 cm³/mol. The van der Waals surface area contributed by atoms with Crippen LogP contribution in [0, 0.1) is 24.7 Å². The Labute approximate surface area is 93.3 Å². The summed E-state index contributed by atoms with van der Waals surface area (Å²) in [5.74, 6) is 4.94. The lowest BCUT2D eigenvalue weighted by atomic mass is 10.3. The largest absolute Gasteiger partial charge is 0.330 e. The maximum atomic E-state index is 12.0. The van der Waals surface area contributed by atoms with Crippen molar-refractivity contribution >= 4 is 11.0 Å². The molecule has 0 amide bonds. The van der Waals surface area contributed by atoms with E-state index in [1.807, 2.05) is 24.3 Å². The highest BCUT2D eigenvalue weighted by atomic mass is 16.1. The number of terminal acetylenes is 2. The molecule has 78 valence electrons. The van der Waals surface area contributed by atoms with Crippen LogP contribution in [0.1, 0.15) is 0 Å². The molecule has 0 aliphatic carbocycles. The summed E-state index contributed by atoms with van der Waals surface area (Å²) in [4.78, 5) is 12.0. The number of hydrogen-bond acceptors (Lipinski definition) is 1. The van der Waals surface area contributed by atoms with E-state index in [1.165, 1.54) is 0 Å². The Morgan fingerprint density at radius 2 is 1.44 bits per heavy atom. The Morgan fingerprint density at radius 3 is 1.81 bits per heavy atom. The fourth-order valence-electron chi connectivity index (χ4n) is 1.76. The monoisotopic (exact) mass is 210 g/mol. The van der Waals surface area contributed by atoms with Crippen molar-refractivity contribution in [3.63, 3.8) is 0 Å². The SMILES string of the molecule is C#CCn1c(=O)n(CC#C)c2ccccc21. The molecule has 0 saturated heterocycles. The van der Waals surface area contributed by atoms with E-state index >= 15 is 0 Å². The lowest BCUT2D eigenvalue weighted by molar-refractivity contribution is 0.734. The topological polar surface area (TPSA) is 26.9 Å². The highest BCUT2D eigenvalue weighted by Crippen LogP contribution is 2.11. The molecule has 3 heteroatoms. The molecule has 1 heterocycles. The average molecular weight is 210 g/mol. The summed E-state index contributed by atoms with van der Waals surface area (Å²) in [7, 11) is 0. The van der Waals surface area contributed by atoms with Gasteiger partial charge in [0.25, 0.3) is 0 Å². The number of rotatable bonds is 2. The Morgan fingerprint density at radius 1 is 1.00 bits per heavy atom. The number of hydrogen-bond donors (Lipinski definition) is 0. The molecule has 0 fully saturated rings. The van der Waals surface area contributed by atoms with Crippen LogP contribution in [0.3, 0.4) is 0 Å². The van der Waals surface area contributed by atoms with Gasteiger partial charge in [-0.1, -0.05) is 24.0 Å². The van der Waals surface area contributed by atoms with E-state index in [4.69, 9.17) is 12.8 Å². The summed E-state index contributed by atoms with van der Waals surface area (Å²) in [5.41, 5.74) is 1.48. The summed E-state index contributed by atoms with van der Waals surface area (Å²) < 4.78 is 3.10. The maximum absolute atomic E-state index is 12.0. The summed E-state index contributed by atoms with van der Waals surface area (Å²) in [6.07, 6.45) is 10.5. The van der Waals surface area contributed by atoms with Crippen LogP contribution >= 0.6 is 0 Å². The summed E-state index contributed by atoms with van der Waals surface area (Å²) >= 11 is 0. The minimum absolute atomic E-state index is 0.155. The maximum Gasteiger partial charge on any atom is 0.330 e. The molecule has 0 aliphatic heterocycles. The third kappa shape index (κ3) is 1.39. The van der Waals surface area contributed by atoms with E-state index in [9.17, 15) is 4.79 Å². The van der Waals surface area contributed by atoms with Crippen LogP contribution in [0.5, 0.6) is 0 Å². The molecular formula is C13H10N2O.